The van der Waals surface area contributed by atoms with Gasteiger partial charge in [-0.15, -0.1) is 0 Å². The molecule has 1 aromatic rings. The maximum absolute atomic E-state index is 13.7. The number of anilines is 1. The van der Waals surface area contributed by atoms with Gasteiger partial charge in [-0.05, 0) is 23.5 Å². The quantitative estimate of drug-likeness (QED) is 0.820. The van der Waals surface area contributed by atoms with Crippen LogP contribution in [0.2, 0.25) is 0 Å². The van der Waals surface area contributed by atoms with Gasteiger partial charge >= 0.3 is 0 Å². The zero-order chi connectivity index (χ0) is 13.9. The zero-order valence-corrected chi connectivity index (χ0v) is 12.2. The van der Waals surface area contributed by atoms with Crippen LogP contribution in [-0.4, -0.2) is 11.5 Å². The van der Waals surface area contributed by atoms with E-state index in [4.69, 9.17) is 18.0 Å². The lowest BCUT2D eigenvalue weighted by atomic mass is 9.82. The van der Waals surface area contributed by atoms with Crippen molar-refractivity contribution in [3.8, 4) is 0 Å². The Bertz CT molecular complexity index is 438. The Morgan fingerprint density at radius 1 is 1.44 bits per heavy atom. The molecule has 18 heavy (non-hydrogen) atoms. The van der Waals surface area contributed by atoms with Crippen molar-refractivity contribution in [2.24, 2.45) is 17.1 Å². The minimum Gasteiger partial charge on any atom is -0.389 e. The van der Waals surface area contributed by atoms with Gasteiger partial charge in [0.05, 0.1) is 5.56 Å². The lowest BCUT2D eigenvalue weighted by Gasteiger charge is -2.28. The molecule has 0 radical (unpaired) electrons. The zero-order valence-electron chi connectivity index (χ0n) is 11.4. The highest BCUT2D eigenvalue weighted by Gasteiger charge is 2.20. The van der Waals surface area contributed by atoms with Crippen LogP contribution in [-0.2, 0) is 0 Å². The van der Waals surface area contributed by atoms with Crippen molar-refractivity contribution in [1.82, 2.24) is 0 Å². The van der Waals surface area contributed by atoms with Crippen molar-refractivity contribution in [3.05, 3.63) is 29.6 Å². The third kappa shape index (κ3) is 3.67. The molecule has 0 aliphatic rings. The molecule has 0 saturated heterocycles. The van der Waals surface area contributed by atoms with E-state index in [9.17, 15) is 4.39 Å². The minimum atomic E-state index is -0.379. The van der Waals surface area contributed by atoms with Crippen LogP contribution in [0.4, 0.5) is 10.1 Å². The molecule has 0 fully saturated rings. The second-order valence-corrected chi connectivity index (χ2v) is 6.11. The predicted octanol–water partition coefficient (Wildman–Crippen LogP) is 3.55. The first-order valence-electron chi connectivity index (χ1n) is 6.05. The highest BCUT2D eigenvalue weighted by atomic mass is 32.1. The average Bonchev–Trinajstić information content (AvgIpc) is 2.23. The first-order chi connectivity index (χ1) is 8.23. The van der Waals surface area contributed by atoms with E-state index in [2.05, 4.69) is 33.0 Å². The molecule has 2 nitrogen and oxygen atoms in total. The highest BCUT2D eigenvalue weighted by molar-refractivity contribution is 7.80. The molecule has 3 N–H and O–H groups in total. The molecular formula is C14H21FN2S. The molecular weight excluding hydrogens is 247 g/mol. The number of benzene rings is 1. The minimum absolute atomic E-state index is 0.0824. The van der Waals surface area contributed by atoms with Crippen molar-refractivity contribution in [2.45, 2.75) is 27.7 Å². The average molecular weight is 268 g/mol. The van der Waals surface area contributed by atoms with Gasteiger partial charge in [-0.3, -0.25) is 0 Å². The summed E-state index contributed by atoms with van der Waals surface area (Å²) in [5.74, 6) is 0.0656. The number of nitrogens with two attached hydrogens (primary N) is 1. The van der Waals surface area contributed by atoms with Gasteiger partial charge < -0.3 is 11.1 Å². The molecule has 0 bridgehead atoms. The van der Waals surface area contributed by atoms with E-state index >= 15 is 0 Å². The Morgan fingerprint density at radius 3 is 2.56 bits per heavy atom. The van der Waals surface area contributed by atoms with Gasteiger partial charge in [-0.2, -0.15) is 0 Å². The second kappa shape index (κ2) is 5.65. The molecule has 0 aromatic heterocycles. The lowest BCUT2D eigenvalue weighted by Crippen LogP contribution is -2.26. The van der Waals surface area contributed by atoms with Gasteiger partial charge in [0.25, 0.3) is 0 Å². The van der Waals surface area contributed by atoms with Gasteiger partial charge in [0.1, 0.15) is 10.8 Å². The first-order valence-corrected chi connectivity index (χ1v) is 6.46. The largest absolute Gasteiger partial charge is 0.389 e. The number of rotatable bonds is 4. The van der Waals surface area contributed by atoms with Gasteiger partial charge in [-0.25, -0.2) is 4.39 Å². The smallest absolute Gasteiger partial charge is 0.135 e. The predicted molar refractivity (Wildman–Crippen MR) is 79.4 cm³/mol. The summed E-state index contributed by atoms with van der Waals surface area (Å²) in [5.41, 5.74) is 6.72. The number of nitrogens with one attached hydrogen (secondary N) is 1. The molecule has 100 valence electrons. The van der Waals surface area contributed by atoms with Crippen LogP contribution in [0.15, 0.2) is 18.2 Å². The second-order valence-electron chi connectivity index (χ2n) is 5.67. The molecule has 0 heterocycles. The third-order valence-corrected chi connectivity index (χ3v) is 3.54. The van der Waals surface area contributed by atoms with Gasteiger partial charge in [-0.1, -0.05) is 46.0 Å². The fourth-order valence-corrected chi connectivity index (χ4v) is 1.70. The standard InChI is InChI=1S/C14H21FN2S/c1-9(14(2,3)4)8-17-11-7-5-6-10(15)12(11)13(16)18/h5-7,9,17H,8H2,1-4H3,(H2,16,18). The van der Waals surface area contributed by atoms with Gasteiger partial charge in [0.2, 0.25) is 0 Å². The molecule has 0 aliphatic carbocycles. The molecule has 1 atom stereocenters. The summed E-state index contributed by atoms with van der Waals surface area (Å²) in [7, 11) is 0. The van der Waals surface area contributed by atoms with Gasteiger partial charge in [0, 0.05) is 12.2 Å². The van der Waals surface area contributed by atoms with Gasteiger partial charge in [0.15, 0.2) is 0 Å². The Kier molecular flexibility index (Phi) is 4.68. The number of hydrogen-bond acceptors (Lipinski definition) is 2. The molecule has 4 heteroatoms. The van der Waals surface area contributed by atoms with E-state index in [1.807, 2.05) is 0 Å². The Balaban J connectivity index is 2.86. The molecule has 0 aliphatic heterocycles. The first kappa shape index (κ1) is 14.9. The Hall–Kier alpha value is -1.16. The van der Waals surface area contributed by atoms with E-state index in [1.54, 1.807) is 12.1 Å². The van der Waals surface area contributed by atoms with Crippen molar-refractivity contribution >= 4 is 22.9 Å². The van der Waals surface area contributed by atoms with E-state index in [1.165, 1.54) is 6.07 Å². The molecule has 1 aromatic carbocycles. The third-order valence-electron chi connectivity index (χ3n) is 3.34. The molecule has 0 saturated carbocycles. The maximum atomic E-state index is 13.7. The lowest BCUT2D eigenvalue weighted by molar-refractivity contribution is 0.274. The molecule has 1 unspecified atom stereocenters. The molecule has 0 spiro atoms. The highest BCUT2D eigenvalue weighted by Crippen LogP contribution is 2.26. The number of thiocarbonyl (C=S) groups is 1. The van der Waals surface area contributed by atoms with Crippen LogP contribution in [0.1, 0.15) is 33.3 Å². The summed E-state index contributed by atoms with van der Waals surface area (Å²) in [5, 5.41) is 3.23. The van der Waals surface area contributed by atoms with Crippen molar-refractivity contribution < 1.29 is 4.39 Å². The molecule has 1 rings (SSSR count). The van der Waals surface area contributed by atoms with Crippen LogP contribution in [0.3, 0.4) is 0 Å². The fourth-order valence-electron chi connectivity index (χ4n) is 1.49. The number of hydrogen-bond donors (Lipinski definition) is 2. The van der Waals surface area contributed by atoms with Crippen LogP contribution in [0.5, 0.6) is 0 Å². The summed E-state index contributed by atoms with van der Waals surface area (Å²) in [4.78, 5) is 0.0824. The summed E-state index contributed by atoms with van der Waals surface area (Å²) in [6.07, 6.45) is 0. The van der Waals surface area contributed by atoms with Crippen molar-refractivity contribution in [1.29, 1.82) is 0 Å². The maximum Gasteiger partial charge on any atom is 0.135 e. The van der Waals surface area contributed by atoms with E-state index in [-0.39, 0.29) is 16.2 Å². The van der Waals surface area contributed by atoms with Crippen molar-refractivity contribution in [3.63, 3.8) is 0 Å². The molecule has 0 amide bonds. The van der Waals surface area contributed by atoms with Crippen molar-refractivity contribution in [2.75, 3.05) is 11.9 Å². The Labute approximate surface area is 114 Å². The van der Waals surface area contributed by atoms with Crippen LogP contribution in [0, 0.1) is 17.2 Å². The SMILES string of the molecule is CC(CNc1cccc(F)c1C(N)=S)C(C)(C)C. The van der Waals surface area contributed by atoms with Crippen LogP contribution >= 0.6 is 12.2 Å². The number of halogens is 1. The summed E-state index contributed by atoms with van der Waals surface area (Å²) in [6, 6.07) is 4.82. The van der Waals surface area contributed by atoms with Crippen LogP contribution < -0.4 is 11.1 Å². The Morgan fingerprint density at radius 2 is 2.06 bits per heavy atom. The normalized spacial score (nSPS) is 13.2. The fraction of sp³-hybridized carbons (Fsp3) is 0.500. The van der Waals surface area contributed by atoms with E-state index in [0.717, 1.165) is 6.54 Å². The monoisotopic (exact) mass is 268 g/mol. The summed E-state index contributed by atoms with van der Waals surface area (Å²) < 4.78 is 13.7. The van der Waals surface area contributed by atoms with E-state index < -0.39 is 0 Å². The summed E-state index contributed by atoms with van der Waals surface area (Å²) in [6.45, 7) is 9.45. The van der Waals surface area contributed by atoms with Crippen LogP contribution in [0.25, 0.3) is 0 Å². The summed E-state index contributed by atoms with van der Waals surface area (Å²) >= 11 is 4.89. The topological polar surface area (TPSA) is 38.0 Å². The van der Waals surface area contributed by atoms with E-state index in [0.29, 0.717) is 17.2 Å².